The monoisotopic (exact) mass is 684 g/mol. The van der Waals surface area contributed by atoms with Crippen LogP contribution in [0.3, 0.4) is 0 Å². The average molecular weight is 685 g/mol. The molecule has 2 aliphatic heterocycles. The van der Waals surface area contributed by atoms with Gasteiger partial charge in [-0.25, -0.2) is 9.97 Å². The number of rotatable bonds is 4. The SMILES string of the molecule is CC12C=CC(C3=CC4(C)C(C=C3)c3ccccc3N4c3ccc(-c4ncnc5c4oc4ccccc45)cc3)=CC1c1ccccc1N2c1ccccc1. The number of hydrogen-bond donors (Lipinski definition) is 0. The lowest BCUT2D eigenvalue weighted by Crippen LogP contribution is -2.43. The van der Waals surface area contributed by atoms with Crippen LogP contribution >= 0.6 is 0 Å². The zero-order valence-electron chi connectivity index (χ0n) is 29.5. The van der Waals surface area contributed by atoms with Gasteiger partial charge in [-0.1, -0.05) is 115 Å². The van der Waals surface area contributed by atoms with E-state index in [1.807, 2.05) is 24.3 Å². The number of benzene rings is 5. The number of aromatic nitrogens is 2. The summed E-state index contributed by atoms with van der Waals surface area (Å²) < 4.78 is 6.29. The Hall–Kier alpha value is -6.46. The molecule has 2 aromatic heterocycles. The average Bonchev–Trinajstić information content (AvgIpc) is 3.80. The molecule has 4 atom stereocenters. The summed E-state index contributed by atoms with van der Waals surface area (Å²) in [7, 11) is 0. The van der Waals surface area contributed by atoms with Crippen LogP contribution in [0.4, 0.5) is 22.7 Å². The highest BCUT2D eigenvalue weighted by Crippen LogP contribution is 2.57. The highest BCUT2D eigenvalue weighted by Gasteiger charge is 2.50. The van der Waals surface area contributed by atoms with Gasteiger partial charge in [-0.05, 0) is 84.7 Å². The van der Waals surface area contributed by atoms with Gasteiger partial charge in [-0.2, -0.15) is 0 Å². The third-order valence-electron chi connectivity index (χ3n) is 12.0. The number of fused-ring (bicyclic) bond motifs is 9. The van der Waals surface area contributed by atoms with E-state index in [9.17, 15) is 0 Å². The molecule has 5 aromatic carbocycles. The molecule has 0 fully saturated rings. The van der Waals surface area contributed by atoms with Gasteiger partial charge in [0, 0.05) is 45.5 Å². The third kappa shape index (κ3) is 4.25. The van der Waals surface area contributed by atoms with E-state index in [4.69, 9.17) is 4.42 Å². The molecule has 0 spiro atoms. The van der Waals surface area contributed by atoms with Crippen molar-refractivity contribution in [3.05, 3.63) is 192 Å². The molecule has 0 amide bonds. The standard InChI is InChI=1S/C48H36N4O/c1-47-27-26-32(28-40(47)37-15-7-10-18-42(37)51(47)34-12-4-3-5-13-34)33-22-25-39-36-14-6-9-17-41(36)52(48(39,2)29-33)35-23-20-31(21-24-35)44-46-45(50-30-49-44)38-16-8-11-19-43(38)53-46/h3-30,39-40H,1-2H3. The van der Waals surface area contributed by atoms with Crippen molar-refractivity contribution in [2.75, 3.05) is 9.80 Å². The minimum absolute atomic E-state index is 0.207. The van der Waals surface area contributed by atoms with Crippen LogP contribution in [0.5, 0.6) is 0 Å². The summed E-state index contributed by atoms with van der Waals surface area (Å²) in [5.41, 5.74) is 13.7. The van der Waals surface area contributed by atoms with Crippen LogP contribution < -0.4 is 9.80 Å². The van der Waals surface area contributed by atoms with Crippen molar-refractivity contribution in [2.24, 2.45) is 0 Å². The first-order valence-electron chi connectivity index (χ1n) is 18.4. The van der Waals surface area contributed by atoms with Gasteiger partial charge in [0.2, 0.25) is 0 Å². The summed E-state index contributed by atoms with van der Waals surface area (Å²) >= 11 is 0. The lowest BCUT2D eigenvalue weighted by Gasteiger charge is -2.42. The van der Waals surface area contributed by atoms with E-state index >= 15 is 0 Å². The molecule has 0 saturated carbocycles. The van der Waals surface area contributed by atoms with E-state index in [2.05, 4.69) is 173 Å². The Balaban J connectivity index is 0.985. The smallest absolute Gasteiger partial charge is 0.180 e. The highest BCUT2D eigenvalue weighted by atomic mass is 16.3. The van der Waals surface area contributed by atoms with Gasteiger partial charge >= 0.3 is 0 Å². The fraction of sp³-hybridized carbons (Fsp3) is 0.125. The van der Waals surface area contributed by atoms with Gasteiger partial charge in [0.15, 0.2) is 5.58 Å². The van der Waals surface area contributed by atoms with E-state index in [-0.39, 0.29) is 22.9 Å². The van der Waals surface area contributed by atoms with Gasteiger partial charge in [0.05, 0.1) is 11.1 Å². The van der Waals surface area contributed by atoms with E-state index in [0.717, 1.165) is 33.4 Å². The second kappa shape index (κ2) is 11.0. The molecule has 254 valence electrons. The van der Waals surface area contributed by atoms with Gasteiger partial charge in [0.25, 0.3) is 0 Å². The molecule has 0 bridgehead atoms. The molecule has 0 saturated heterocycles. The summed E-state index contributed by atoms with van der Waals surface area (Å²) in [5, 5.41) is 1.00. The topological polar surface area (TPSA) is 45.4 Å². The van der Waals surface area contributed by atoms with Gasteiger partial charge in [0.1, 0.15) is 23.1 Å². The van der Waals surface area contributed by atoms with Crippen molar-refractivity contribution < 1.29 is 4.42 Å². The number of para-hydroxylation sites is 4. The zero-order chi connectivity index (χ0) is 35.3. The fourth-order valence-corrected chi connectivity index (χ4v) is 9.56. The van der Waals surface area contributed by atoms with E-state index in [0.29, 0.717) is 5.58 Å². The largest absolute Gasteiger partial charge is 0.452 e. The number of nitrogens with zero attached hydrogens (tertiary/aromatic N) is 4. The molecule has 0 N–H and O–H groups in total. The molecule has 5 nitrogen and oxygen atoms in total. The quantitative estimate of drug-likeness (QED) is 0.185. The first-order chi connectivity index (χ1) is 26.0. The van der Waals surface area contributed by atoms with Gasteiger partial charge in [-0.3, -0.25) is 0 Å². The molecule has 4 aliphatic rings. The predicted octanol–water partition coefficient (Wildman–Crippen LogP) is 11.7. The summed E-state index contributed by atoms with van der Waals surface area (Å²) in [5.74, 6) is 0.418. The van der Waals surface area contributed by atoms with Crippen LogP contribution in [-0.2, 0) is 0 Å². The lowest BCUT2D eigenvalue weighted by molar-refractivity contribution is 0.533. The molecule has 4 heterocycles. The van der Waals surface area contributed by atoms with Crippen LogP contribution in [0, 0.1) is 0 Å². The van der Waals surface area contributed by atoms with E-state index in [1.165, 1.54) is 39.3 Å². The number of furan rings is 1. The molecular formula is C48H36N4O. The van der Waals surface area contributed by atoms with Crippen molar-refractivity contribution in [2.45, 2.75) is 36.8 Å². The summed E-state index contributed by atoms with van der Waals surface area (Å²) in [6.45, 7) is 4.76. The van der Waals surface area contributed by atoms with Gasteiger partial charge in [-0.15, -0.1) is 0 Å². The van der Waals surface area contributed by atoms with Crippen molar-refractivity contribution >= 4 is 44.8 Å². The second-order valence-electron chi connectivity index (χ2n) is 15.0. The Morgan fingerprint density at radius 3 is 2.06 bits per heavy atom. The van der Waals surface area contributed by atoms with Crippen molar-refractivity contribution in [3.8, 4) is 11.3 Å². The Morgan fingerprint density at radius 1 is 0.604 bits per heavy atom. The second-order valence-corrected chi connectivity index (χ2v) is 15.0. The van der Waals surface area contributed by atoms with E-state index in [1.54, 1.807) is 6.33 Å². The Labute approximate surface area is 308 Å². The Morgan fingerprint density at radius 2 is 1.26 bits per heavy atom. The molecule has 11 rings (SSSR count). The zero-order valence-corrected chi connectivity index (χ0v) is 29.5. The summed E-state index contributed by atoms with van der Waals surface area (Å²) in [6.07, 6.45) is 16.2. The first kappa shape index (κ1) is 30.2. The minimum atomic E-state index is -0.324. The normalized spacial score (nSPS) is 23.8. The molecular weight excluding hydrogens is 649 g/mol. The van der Waals surface area contributed by atoms with Crippen LogP contribution in [-0.4, -0.2) is 21.0 Å². The highest BCUT2D eigenvalue weighted by molar-refractivity contribution is 6.06. The third-order valence-corrected chi connectivity index (χ3v) is 12.0. The Bertz CT molecular complexity index is 2740. The fourth-order valence-electron chi connectivity index (χ4n) is 9.56. The van der Waals surface area contributed by atoms with Crippen LogP contribution in [0.1, 0.15) is 36.8 Å². The maximum Gasteiger partial charge on any atom is 0.180 e. The molecule has 0 radical (unpaired) electrons. The molecule has 53 heavy (non-hydrogen) atoms. The van der Waals surface area contributed by atoms with Crippen molar-refractivity contribution in [3.63, 3.8) is 0 Å². The van der Waals surface area contributed by atoms with Gasteiger partial charge < -0.3 is 14.2 Å². The molecule has 4 unspecified atom stereocenters. The van der Waals surface area contributed by atoms with E-state index < -0.39 is 0 Å². The molecule has 7 aromatic rings. The van der Waals surface area contributed by atoms with Crippen LogP contribution in [0.2, 0.25) is 0 Å². The van der Waals surface area contributed by atoms with Crippen LogP contribution in [0.25, 0.3) is 33.3 Å². The van der Waals surface area contributed by atoms with Crippen molar-refractivity contribution in [1.29, 1.82) is 0 Å². The Kier molecular flexibility index (Phi) is 6.28. The maximum absolute atomic E-state index is 6.29. The van der Waals surface area contributed by atoms with Crippen molar-refractivity contribution in [1.82, 2.24) is 9.97 Å². The number of hydrogen-bond acceptors (Lipinski definition) is 5. The summed E-state index contributed by atoms with van der Waals surface area (Å²) in [6, 6.07) is 45.3. The molecule has 5 heteroatoms. The molecule has 2 aliphatic carbocycles. The lowest BCUT2D eigenvalue weighted by atomic mass is 9.74. The summed E-state index contributed by atoms with van der Waals surface area (Å²) in [4.78, 5) is 14.3. The van der Waals surface area contributed by atoms with Crippen LogP contribution in [0.15, 0.2) is 186 Å². The number of anilines is 4. The maximum atomic E-state index is 6.29. The minimum Gasteiger partial charge on any atom is -0.452 e. The first-order valence-corrected chi connectivity index (χ1v) is 18.4. The predicted molar refractivity (Wildman–Crippen MR) is 215 cm³/mol. The number of allylic oxidation sites excluding steroid dienone is 4.